The second kappa shape index (κ2) is 7.96. The molecule has 5 heteroatoms. The summed E-state index contributed by atoms with van der Waals surface area (Å²) in [4.78, 5) is 20.4. The fourth-order valence-electron chi connectivity index (χ4n) is 6.43. The van der Waals surface area contributed by atoms with Gasteiger partial charge in [-0.05, 0) is 77.6 Å². The summed E-state index contributed by atoms with van der Waals surface area (Å²) in [6.45, 7) is 1.46. The van der Waals surface area contributed by atoms with Crippen molar-refractivity contribution in [2.45, 2.75) is 43.1 Å². The second-order valence-corrected chi connectivity index (χ2v) is 10.2. The largest absolute Gasteiger partial charge is 0.388 e. The van der Waals surface area contributed by atoms with Gasteiger partial charge in [0.05, 0.1) is 6.10 Å². The molecule has 1 amide bonds. The van der Waals surface area contributed by atoms with Gasteiger partial charge in [0.15, 0.2) is 0 Å². The summed E-state index contributed by atoms with van der Waals surface area (Å²) in [5.74, 6) is 0.880. The van der Waals surface area contributed by atoms with Crippen LogP contribution in [0.2, 0.25) is 5.02 Å². The van der Waals surface area contributed by atoms with Gasteiger partial charge in [-0.15, -0.1) is 0 Å². The maximum atomic E-state index is 14.2. The molecule has 3 aliphatic rings. The van der Waals surface area contributed by atoms with Gasteiger partial charge < -0.3 is 10.0 Å². The molecule has 2 aromatic carbocycles. The Morgan fingerprint density at radius 2 is 1.88 bits per heavy atom. The Balaban J connectivity index is 1.24. The van der Waals surface area contributed by atoms with Crippen molar-refractivity contribution in [2.75, 3.05) is 13.1 Å². The lowest BCUT2D eigenvalue weighted by Crippen LogP contribution is -2.49. The zero-order valence-electron chi connectivity index (χ0n) is 18.5. The molecule has 2 aliphatic carbocycles. The zero-order chi connectivity index (χ0) is 22.6. The van der Waals surface area contributed by atoms with E-state index in [2.05, 4.69) is 34.1 Å². The van der Waals surface area contributed by atoms with Crippen LogP contribution in [-0.2, 0) is 10.2 Å². The third kappa shape index (κ3) is 3.23. The average molecular weight is 459 g/mol. The fraction of sp³-hybridized carbons (Fsp3) is 0.357. The maximum Gasteiger partial charge on any atom is 0.237 e. The van der Waals surface area contributed by atoms with Crippen LogP contribution in [0.25, 0.3) is 0 Å². The Bertz CT molecular complexity index is 1210. The minimum atomic E-state index is -0.621. The highest BCUT2D eigenvalue weighted by Gasteiger charge is 2.58. The molecule has 0 radical (unpaired) electrons. The predicted molar refractivity (Wildman–Crippen MR) is 128 cm³/mol. The fourth-order valence-corrected chi connectivity index (χ4v) is 6.61. The van der Waals surface area contributed by atoms with E-state index in [0.717, 1.165) is 49.0 Å². The predicted octanol–water partition coefficient (Wildman–Crippen LogP) is 5.23. The number of benzene rings is 2. The van der Waals surface area contributed by atoms with Crippen LogP contribution in [-0.4, -0.2) is 34.0 Å². The lowest BCUT2D eigenvalue weighted by Gasteiger charge is -2.39. The Labute approximate surface area is 199 Å². The molecule has 1 aliphatic heterocycles. The minimum Gasteiger partial charge on any atom is -0.388 e. The summed E-state index contributed by atoms with van der Waals surface area (Å²) in [6, 6.07) is 18.3. The maximum absolute atomic E-state index is 14.2. The number of hydrogen-bond donors (Lipinski definition) is 1. The van der Waals surface area contributed by atoms with Crippen LogP contribution in [0.1, 0.15) is 65.5 Å². The number of pyridine rings is 1. The quantitative estimate of drug-likeness (QED) is 0.582. The van der Waals surface area contributed by atoms with Gasteiger partial charge >= 0.3 is 0 Å². The van der Waals surface area contributed by atoms with Crippen LogP contribution in [0.3, 0.4) is 0 Å². The third-order valence-corrected chi connectivity index (χ3v) is 8.28. The first-order valence-corrected chi connectivity index (χ1v) is 12.2. The van der Waals surface area contributed by atoms with Crippen LogP contribution in [0.5, 0.6) is 0 Å². The second-order valence-electron chi connectivity index (χ2n) is 9.75. The molecule has 0 saturated carbocycles. The van der Waals surface area contributed by atoms with Crippen LogP contribution >= 0.6 is 11.6 Å². The van der Waals surface area contributed by atoms with Crippen molar-refractivity contribution in [3.05, 3.63) is 99.8 Å². The van der Waals surface area contributed by atoms with Gasteiger partial charge in [0.25, 0.3) is 0 Å². The molecule has 3 atom stereocenters. The number of carbonyl (C=O) groups excluding carboxylic acids is 1. The first-order valence-electron chi connectivity index (χ1n) is 11.8. The van der Waals surface area contributed by atoms with Crippen LogP contribution in [0, 0.1) is 5.92 Å². The molecule has 1 aromatic heterocycles. The molecule has 1 unspecified atom stereocenters. The first kappa shape index (κ1) is 20.9. The van der Waals surface area contributed by atoms with E-state index in [1.165, 1.54) is 11.1 Å². The molecule has 1 saturated heterocycles. The Morgan fingerprint density at radius 3 is 2.67 bits per heavy atom. The van der Waals surface area contributed by atoms with Crippen molar-refractivity contribution in [3.8, 4) is 0 Å². The number of fused-ring (bicyclic) bond motifs is 8. The molecule has 6 rings (SSSR count). The minimum absolute atomic E-state index is 0.213. The standard InChI is InChI=1S/C28H27ClN2O2/c29-20-7-8-22-23-16-28(25(22)15-20,24-6-2-1-5-21(23)24)27(33)31-12-9-18(10-13-31)14-26(32)19-4-3-11-30-17-19/h1-8,11,15,17-18,23,26,32H,9-10,12-14,16H2/t23-,26?,28-/m0/s1. The number of nitrogens with zero attached hydrogens (tertiary/aromatic N) is 2. The van der Waals surface area contributed by atoms with Crippen molar-refractivity contribution >= 4 is 17.5 Å². The highest BCUT2D eigenvalue weighted by atomic mass is 35.5. The normalized spacial score (nSPS) is 24.4. The van der Waals surface area contributed by atoms with Crippen molar-refractivity contribution in [2.24, 2.45) is 5.92 Å². The monoisotopic (exact) mass is 458 g/mol. The molecule has 168 valence electrons. The summed E-state index contributed by atoms with van der Waals surface area (Å²) in [6.07, 6.45) is 6.29. The summed E-state index contributed by atoms with van der Waals surface area (Å²) in [7, 11) is 0. The van der Waals surface area contributed by atoms with E-state index in [1.807, 2.05) is 30.3 Å². The average Bonchev–Trinajstić information content (AvgIpc) is 3.38. The van der Waals surface area contributed by atoms with Gasteiger partial charge in [0.1, 0.15) is 5.41 Å². The van der Waals surface area contributed by atoms with Crippen molar-refractivity contribution < 1.29 is 9.90 Å². The number of rotatable bonds is 4. The number of carbonyl (C=O) groups is 1. The number of piperidine rings is 1. The number of hydrogen-bond acceptors (Lipinski definition) is 3. The molecule has 0 spiro atoms. The molecule has 2 heterocycles. The lowest BCUT2D eigenvalue weighted by atomic mass is 9.73. The summed E-state index contributed by atoms with van der Waals surface area (Å²) < 4.78 is 0. The van der Waals surface area contributed by atoms with E-state index < -0.39 is 11.5 Å². The molecule has 3 aromatic rings. The highest BCUT2D eigenvalue weighted by molar-refractivity contribution is 6.30. The van der Waals surface area contributed by atoms with E-state index in [4.69, 9.17) is 11.6 Å². The molecule has 1 N–H and O–H groups in total. The number of aliphatic hydroxyl groups excluding tert-OH is 1. The van der Waals surface area contributed by atoms with Gasteiger partial charge in [-0.1, -0.05) is 48.0 Å². The number of likely N-dealkylation sites (tertiary alicyclic amines) is 1. The van der Waals surface area contributed by atoms with Crippen LogP contribution in [0.4, 0.5) is 0 Å². The third-order valence-electron chi connectivity index (χ3n) is 8.05. The SMILES string of the molecule is O=C(N1CCC(CC(O)c2cccnc2)CC1)[C@@]12C[C@@H](c3ccccc31)c1ccc(Cl)cc12. The molecule has 2 bridgehead atoms. The van der Waals surface area contributed by atoms with Gasteiger partial charge in [-0.2, -0.15) is 0 Å². The Hall–Kier alpha value is -2.69. The first-order chi connectivity index (χ1) is 16.1. The number of halogens is 1. The van der Waals surface area contributed by atoms with Gasteiger partial charge in [0, 0.05) is 36.4 Å². The van der Waals surface area contributed by atoms with Crippen molar-refractivity contribution in [3.63, 3.8) is 0 Å². The van der Waals surface area contributed by atoms with Crippen LogP contribution < -0.4 is 0 Å². The molecule has 33 heavy (non-hydrogen) atoms. The summed E-state index contributed by atoms with van der Waals surface area (Å²) in [5.41, 5.74) is 5.03. The smallest absolute Gasteiger partial charge is 0.237 e. The summed E-state index contributed by atoms with van der Waals surface area (Å²) in [5, 5.41) is 11.3. The van der Waals surface area contributed by atoms with Crippen LogP contribution in [0.15, 0.2) is 67.0 Å². The van der Waals surface area contributed by atoms with Gasteiger partial charge in [0.2, 0.25) is 5.91 Å². The van der Waals surface area contributed by atoms with E-state index in [1.54, 1.807) is 12.4 Å². The van der Waals surface area contributed by atoms with E-state index in [0.29, 0.717) is 17.4 Å². The molecule has 1 fully saturated rings. The number of aliphatic hydroxyl groups is 1. The zero-order valence-corrected chi connectivity index (χ0v) is 19.2. The Morgan fingerprint density at radius 1 is 1.09 bits per heavy atom. The molecule has 4 nitrogen and oxygen atoms in total. The van der Waals surface area contributed by atoms with Crippen molar-refractivity contribution in [1.29, 1.82) is 0 Å². The van der Waals surface area contributed by atoms with Gasteiger partial charge in [-0.3, -0.25) is 9.78 Å². The summed E-state index contributed by atoms with van der Waals surface area (Å²) >= 11 is 6.41. The van der Waals surface area contributed by atoms with E-state index >= 15 is 0 Å². The van der Waals surface area contributed by atoms with E-state index in [-0.39, 0.29) is 11.8 Å². The van der Waals surface area contributed by atoms with Crippen molar-refractivity contribution in [1.82, 2.24) is 9.88 Å². The van der Waals surface area contributed by atoms with Gasteiger partial charge in [-0.25, -0.2) is 0 Å². The molecular formula is C28H27ClN2O2. The topological polar surface area (TPSA) is 53.4 Å². The highest BCUT2D eigenvalue weighted by Crippen LogP contribution is 2.61. The number of amides is 1. The molecular weight excluding hydrogens is 432 g/mol. The Kier molecular flexibility index (Phi) is 5.04. The number of aromatic nitrogens is 1. The lowest BCUT2D eigenvalue weighted by molar-refractivity contribution is -0.137. The van der Waals surface area contributed by atoms with E-state index in [9.17, 15) is 9.90 Å².